The van der Waals surface area contributed by atoms with Crippen LogP contribution < -0.4 is 0 Å². The number of nitrogens with zero attached hydrogens (tertiary/aromatic N) is 2. The largest absolute Gasteiger partial charge is 0.465 e. The molecule has 1 aliphatic rings. The summed E-state index contributed by atoms with van der Waals surface area (Å²) in [5.41, 5.74) is 3.46. The zero-order valence-corrected chi connectivity index (χ0v) is 19.5. The van der Waals surface area contributed by atoms with Gasteiger partial charge in [-0.15, -0.1) is 0 Å². The van der Waals surface area contributed by atoms with Crippen molar-refractivity contribution in [1.82, 2.24) is 8.87 Å². The molecule has 0 saturated heterocycles. The second-order valence-electron chi connectivity index (χ2n) is 8.44. The van der Waals surface area contributed by atoms with Crippen molar-refractivity contribution in [3.05, 3.63) is 76.3 Å². The van der Waals surface area contributed by atoms with Crippen LogP contribution in [0.2, 0.25) is 0 Å². The maximum atomic E-state index is 14.0. The predicted octanol–water partition coefficient (Wildman–Crippen LogP) is 4.02. The number of hydrogen-bond donors (Lipinski definition) is 0. The van der Waals surface area contributed by atoms with E-state index in [1.807, 2.05) is 32.0 Å². The second kappa shape index (κ2) is 7.18. The molecular formula is C25H22N2O5S. The first-order chi connectivity index (χ1) is 15.6. The van der Waals surface area contributed by atoms with Crippen LogP contribution >= 0.6 is 0 Å². The van der Waals surface area contributed by atoms with Gasteiger partial charge in [0.2, 0.25) is 0 Å². The molecule has 0 radical (unpaired) electrons. The van der Waals surface area contributed by atoms with Gasteiger partial charge >= 0.3 is 5.97 Å². The highest BCUT2D eigenvalue weighted by Crippen LogP contribution is 2.41. The number of aromatic nitrogens is 1. The van der Waals surface area contributed by atoms with Crippen LogP contribution in [0.3, 0.4) is 0 Å². The number of amides is 1. The molecule has 3 aromatic carbocycles. The lowest BCUT2D eigenvalue weighted by atomic mass is 9.98. The summed E-state index contributed by atoms with van der Waals surface area (Å²) >= 11 is 0. The predicted molar refractivity (Wildman–Crippen MR) is 125 cm³/mol. The summed E-state index contributed by atoms with van der Waals surface area (Å²) < 4.78 is 34.2. The molecule has 0 aliphatic carbocycles. The van der Waals surface area contributed by atoms with Gasteiger partial charge in [-0.2, -0.15) is 0 Å². The molecule has 2 heterocycles. The van der Waals surface area contributed by atoms with E-state index >= 15 is 0 Å². The van der Waals surface area contributed by atoms with Crippen molar-refractivity contribution in [3.63, 3.8) is 0 Å². The van der Waals surface area contributed by atoms with Crippen molar-refractivity contribution in [2.45, 2.75) is 25.3 Å². The van der Waals surface area contributed by atoms with E-state index in [-0.39, 0.29) is 21.9 Å². The van der Waals surface area contributed by atoms with Crippen molar-refractivity contribution in [2.24, 2.45) is 0 Å². The fourth-order valence-corrected chi connectivity index (χ4v) is 6.28. The highest BCUT2D eigenvalue weighted by Gasteiger charge is 2.35. The molecule has 0 saturated carbocycles. The van der Waals surface area contributed by atoms with Crippen LogP contribution in [0, 0.1) is 13.8 Å². The van der Waals surface area contributed by atoms with Crippen LogP contribution in [0.4, 0.5) is 0 Å². The van der Waals surface area contributed by atoms with Crippen molar-refractivity contribution < 1.29 is 22.7 Å². The highest BCUT2D eigenvalue weighted by molar-refractivity contribution is 7.90. The minimum atomic E-state index is -4.11. The SMILES string of the molecule is COC(=O)c1cc2c(c3c4cc(C)ccc4n(S(=O)(=O)c4cccc(C)c4)c13)C(=O)N(C)C2. The molecule has 4 aromatic rings. The first-order valence-electron chi connectivity index (χ1n) is 10.4. The van der Waals surface area contributed by atoms with Gasteiger partial charge in [0.15, 0.2) is 0 Å². The van der Waals surface area contributed by atoms with Crippen LogP contribution in [-0.4, -0.2) is 43.3 Å². The van der Waals surface area contributed by atoms with Crippen LogP contribution in [0.25, 0.3) is 21.8 Å². The zero-order valence-electron chi connectivity index (χ0n) is 18.7. The number of ether oxygens (including phenoxy) is 1. The molecule has 0 atom stereocenters. The molecule has 168 valence electrons. The van der Waals surface area contributed by atoms with Gasteiger partial charge < -0.3 is 9.64 Å². The van der Waals surface area contributed by atoms with Crippen LogP contribution in [0.5, 0.6) is 0 Å². The van der Waals surface area contributed by atoms with Crippen LogP contribution in [0.1, 0.15) is 37.4 Å². The molecule has 0 bridgehead atoms. The fraction of sp³-hybridized carbons (Fsp3) is 0.200. The quantitative estimate of drug-likeness (QED) is 0.429. The Morgan fingerprint density at radius 1 is 1.03 bits per heavy atom. The van der Waals surface area contributed by atoms with Crippen molar-refractivity contribution >= 4 is 43.7 Å². The normalized spacial score (nSPS) is 13.7. The van der Waals surface area contributed by atoms with Gasteiger partial charge in [-0.3, -0.25) is 4.79 Å². The van der Waals surface area contributed by atoms with E-state index in [1.54, 1.807) is 36.2 Å². The van der Waals surface area contributed by atoms with E-state index in [4.69, 9.17) is 4.74 Å². The number of esters is 1. The molecule has 0 N–H and O–H groups in total. The number of carbonyl (C=O) groups is 2. The lowest BCUT2D eigenvalue weighted by Gasteiger charge is -2.13. The van der Waals surface area contributed by atoms with Crippen molar-refractivity contribution in [3.8, 4) is 0 Å². The molecule has 1 aliphatic heterocycles. The van der Waals surface area contributed by atoms with Gasteiger partial charge in [0.1, 0.15) is 0 Å². The molecule has 0 fully saturated rings. The van der Waals surface area contributed by atoms with Gasteiger partial charge in [-0.1, -0.05) is 23.8 Å². The van der Waals surface area contributed by atoms with Gasteiger partial charge in [0.05, 0.1) is 34.2 Å². The topological polar surface area (TPSA) is 85.7 Å². The van der Waals surface area contributed by atoms with Crippen LogP contribution in [0.15, 0.2) is 53.4 Å². The van der Waals surface area contributed by atoms with Gasteiger partial charge in [-0.05, 0) is 55.3 Å². The summed E-state index contributed by atoms with van der Waals surface area (Å²) in [4.78, 5) is 27.6. The maximum Gasteiger partial charge on any atom is 0.340 e. The number of hydrogen-bond acceptors (Lipinski definition) is 5. The summed E-state index contributed by atoms with van der Waals surface area (Å²) in [6.45, 7) is 4.04. The lowest BCUT2D eigenvalue weighted by molar-refractivity contribution is 0.0602. The Bertz CT molecular complexity index is 1620. The third kappa shape index (κ3) is 2.97. The molecule has 5 rings (SSSR count). The molecule has 0 unspecified atom stereocenters. The van der Waals surface area contributed by atoms with Crippen molar-refractivity contribution in [1.29, 1.82) is 0 Å². The van der Waals surface area contributed by atoms with Gasteiger partial charge in [0.25, 0.3) is 15.9 Å². The number of rotatable bonds is 3. The molecule has 1 aromatic heterocycles. The third-order valence-corrected chi connectivity index (χ3v) is 7.84. The molecule has 1 amide bonds. The van der Waals surface area contributed by atoms with E-state index in [0.29, 0.717) is 34.0 Å². The number of benzene rings is 3. The number of methoxy groups -OCH3 is 1. The molecule has 7 nitrogen and oxygen atoms in total. The minimum absolute atomic E-state index is 0.0987. The van der Waals surface area contributed by atoms with E-state index in [2.05, 4.69) is 0 Å². The van der Waals surface area contributed by atoms with Gasteiger partial charge in [0, 0.05) is 24.4 Å². The van der Waals surface area contributed by atoms with Crippen molar-refractivity contribution in [2.75, 3.05) is 14.2 Å². The third-order valence-electron chi connectivity index (χ3n) is 6.13. The molecule has 0 spiro atoms. The Morgan fingerprint density at radius 3 is 2.45 bits per heavy atom. The Morgan fingerprint density at radius 2 is 1.76 bits per heavy atom. The average Bonchev–Trinajstić information content (AvgIpc) is 3.26. The van der Waals surface area contributed by atoms with Crippen LogP contribution in [-0.2, 0) is 21.3 Å². The average molecular weight is 463 g/mol. The minimum Gasteiger partial charge on any atom is -0.465 e. The summed E-state index contributed by atoms with van der Waals surface area (Å²) in [7, 11) is -1.18. The number of fused-ring (bicyclic) bond motifs is 5. The van der Waals surface area contributed by atoms with Gasteiger partial charge in [-0.25, -0.2) is 17.2 Å². The Balaban J connectivity index is 2.05. The van der Waals surface area contributed by atoms with E-state index in [9.17, 15) is 18.0 Å². The number of aryl methyl sites for hydroxylation is 2. The smallest absolute Gasteiger partial charge is 0.340 e. The fourth-order valence-electron chi connectivity index (χ4n) is 4.63. The highest BCUT2D eigenvalue weighted by atomic mass is 32.2. The first-order valence-corrected chi connectivity index (χ1v) is 11.9. The standard InChI is InChI=1S/C25H22N2O5S/c1-14-6-5-7-17(10-14)33(30,31)27-20-9-8-15(2)11-18(20)22-21-16(13-26(3)24(21)28)12-19(23(22)27)25(29)32-4/h5-12H,13H2,1-4H3. The molecule has 33 heavy (non-hydrogen) atoms. The zero-order chi connectivity index (χ0) is 23.7. The Hall–Kier alpha value is -3.65. The molecular weight excluding hydrogens is 440 g/mol. The lowest BCUT2D eigenvalue weighted by Crippen LogP contribution is -2.17. The maximum absolute atomic E-state index is 14.0. The Labute approximate surface area is 191 Å². The number of carbonyl (C=O) groups excluding carboxylic acids is 2. The Kier molecular flexibility index (Phi) is 4.61. The van der Waals surface area contributed by atoms with E-state index in [0.717, 1.165) is 11.1 Å². The summed E-state index contributed by atoms with van der Waals surface area (Å²) in [5.74, 6) is -0.870. The van der Waals surface area contributed by atoms with E-state index < -0.39 is 16.0 Å². The monoisotopic (exact) mass is 462 g/mol. The molecule has 8 heteroatoms. The summed E-state index contributed by atoms with van der Waals surface area (Å²) in [6.07, 6.45) is 0. The van der Waals surface area contributed by atoms with E-state index in [1.165, 1.54) is 17.1 Å². The second-order valence-corrected chi connectivity index (χ2v) is 10.2. The first kappa shape index (κ1) is 21.2. The summed E-state index contributed by atoms with van der Waals surface area (Å²) in [6, 6.07) is 13.6. The summed E-state index contributed by atoms with van der Waals surface area (Å²) in [5, 5.41) is 1.06.